The van der Waals surface area contributed by atoms with Crippen LogP contribution >= 0.6 is 0 Å². The summed E-state index contributed by atoms with van der Waals surface area (Å²) in [5.74, 6) is 0.396. The predicted octanol–water partition coefficient (Wildman–Crippen LogP) is 5.00. The third-order valence-electron chi connectivity index (χ3n) is 5.29. The number of amides is 2. The molecule has 0 aliphatic rings. The lowest BCUT2D eigenvalue weighted by Crippen LogP contribution is -2.25. The number of methoxy groups -OCH3 is 2. The first kappa shape index (κ1) is 22.6. The summed E-state index contributed by atoms with van der Waals surface area (Å²) >= 11 is 0. The van der Waals surface area contributed by atoms with Gasteiger partial charge in [0.05, 0.1) is 25.6 Å². The molecule has 8 nitrogen and oxygen atoms in total. The van der Waals surface area contributed by atoms with Crippen molar-refractivity contribution >= 4 is 23.4 Å². The summed E-state index contributed by atoms with van der Waals surface area (Å²) in [6, 6.07) is 25.8. The molecule has 34 heavy (non-hydrogen) atoms. The highest BCUT2D eigenvalue weighted by molar-refractivity contribution is 6.03. The van der Waals surface area contributed by atoms with Gasteiger partial charge in [-0.2, -0.15) is 5.10 Å². The second-order valence-electron chi connectivity index (χ2n) is 7.42. The number of aromatic nitrogens is 2. The molecule has 0 radical (unpaired) electrons. The van der Waals surface area contributed by atoms with Gasteiger partial charge in [-0.3, -0.25) is 9.69 Å². The standard InChI is InChI=1S/C26H24N4O4/c1-29(26(32)34-3)20-13-11-19(12-14-20)27-25(31)23-17-24(18-9-15-22(33-2)16-10-18)30(28-23)21-7-5-4-6-8-21/h4-17H,1-3H3,(H,27,31). The first-order valence-electron chi connectivity index (χ1n) is 10.5. The van der Waals surface area contributed by atoms with Crippen molar-refractivity contribution in [3.05, 3.63) is 90.6 Å². The lowest BCUT2D eigenvalue weighted by molar-refractivity contribution is 0.102. The largest absolute Gasteiger partial charge is 0.497 e. The molecule has 0 atom stereocenters. The van der Waals surface area contributed by atoms with Crippen molar-refractivity contribution in [2.45, 2.75) is 0 Å². The molecule has 1 heterocycles. The molecule has 0 spiro atoms. The summed E-state index contributed by atoms with van der Waals surface area (Å²) in [6.07, 6.45) is -0.478. The minimum absolute atomic E-state index is 0.269. The van der Waals surface area contributed by atoms with Gasteiger partial charge >= 0.3 is 6.09 Å². The normalized spacial score (nSPS) is 10.4. The van der Waals surface area contributed by atoms with Crippen molar-refractivity contribution in [3.63, 3.8) is 0 Å². The monoisotopic (exact) mass is 456 g/mol. The zero-order chi connectivity index (χ0) is 24.1. The number of benzene rings is 3. The van der Waals surface area contributed by atoms with E-state index in [0.717, 1.165) is 22.7 Å². The van der Waals surface area contributed by atoms with Crippen LogP contribution in [0.5, 0.6) is 5.75 Å². The molecule has 0 saturated carbocycles. The lowest BCUT2D eigenvalue weighted by atomic mass is 10.1. The van der Waals surface area contributed by atoms with Gasteiger partial charge in [0.1, 0.15) is 5.75 Å². The summed E-state index contributed by atoms with van der Waals surface area (Å²) in [6.45, 7) is 0. The van der Waals surface area contributed by atoms with Crippen LogP contribution in [0.25, 0.3) is 16.9 Å². The summed E-state index contributed by atoms with van der Waals surface area (Å²) < 4.78 is 11.7. The summed E-state index contributed by atoms with van der Waals surface area (Å²) in [7, 11) is 4.55. The Labute approximate surface area is 197 Å². The van der Waals surface area contributed by atoms with E-state index in [9.17, 15) is 9.59 Å². The van der Waals surface area contributed by atoms with Crippen LogP contribution in [0.3, 0.4) is 0 Å². The molecule has 0 aliphatic carbocycles. The maximum absolute atomic E-state index is 13.0. The molecular formula is C26H24N4O4. The first-order valence-corrected chi connectivity index (χ1v) is 10.5. The Morgan fingerprint density at radius 2 is 1.59 bits per heavy atom. The Balaban J connectivity index is 1.62. The lowest BCUT2D eigenvalue weighted by Gasteiger charge is -2.15. The van der Waals surface area contributed by atoms with E-state index in [-0.39, 0.29) is 11.6 Å². The van der Waals surface area contributed by atoms with Crippen LogP contribution < -0.4 is 15.0 Å². The molecule has 1 N–H and O–H groups in total. The van der Waals surface area contributed by atoms with Crippen molar-refractivity contribution in [1.29, 1.82) is 0 Å². The molecule has 0 unspecified atom stereocenters. The van der Waals surface area contributed by atoms with E-state index in [4.69, 9.17) is 9.47 Å². The molecule has 4 rings (SSSR count). The number of nitrogens with zero attached hydrogens (tertiary/aromatic N) is 3. The second-order valence-corrected chi connectivity index (χ2v) is 7.42. The number of para-hydroxylation sites is 1. The molecule has 0 bridgehead atoms. The third-order valence-corrected chi connectivity index (χ3v) is 5.29. The first-order chi connectivity index (χ1) is 16.5. The molecule has 0 saturated heterocycles. The van der Waals surface area contributed by atoms with Crippen LogP contribution in [-0.2, 0) is 4.74 Å². The van der Waals surface area contributed by atoms with Gasteiger partial charge in [0.25, 0.3) is 5.91 Å². The molecule has 4 aromatic rings. The van der Waals surface area contributed by atoms with Gasteiger partial charge in [-0.1, -0.05) is 18.2 Å². The van der Waals surface area contributed by atoms with Gasteiger partial charge in [0.15, 0.2) is 5.69 Å². The molecule has 3 aromatic carbocycles. The van der Waals surface area contributed by atoms with Crippen molar-refractivity contribution in [1.82, 2.24) is 9.78 Å². The van der Waals surface area contributed by atoms with Gasteiger partial charge in [-0.15, -0.1) is 0 Å². The summed E-state index contributed by atoms with van der Waals surface area (Å²) in [4.78, 5) is 26.1. The van der Waals surface area contributed by atoms with Crippen molar-refractivity contribution in [3.8, 4) is 22.7 Å². The number of anilines is 2. The van der Waals surface area contributed by atoms with E-state index in [1.54, 1.807) is 49.2 Å². The summed E-state index contributed by atoms with van der Waals surface area (Å²) in [5, 5.41) is 7.44. The molecule has 0 fully saturated rings. The van der Waals surface area contributed by atoms with Gasteiger partial charge in [-0.25, -0.2) is 9.48 Å². The molecular weight excluding hydrogens is 432 g/mol. The number of nitrogens with one attached hydrogen (secondary N) is 1. The number of hydrogen-bond acceptors (Lipinski definition) is 5. The van der Waals surface area contributed by atoms with Crippen LogP contribution in [0.1, 0.15) is 10.5 Å². The highest BCUT2D eigenvalue weighted by atomic mass is 16.5. The van der Waals surface area contributed by atoms with E-state index < -0.39 is 6.09 Å². The number of hydrogen-bond donors (Lipinski definition) is 1. The van der Waals surface area contributed by atoms with Crippen LogP contribution in [-0.4, -0.2) is 43.0 Å². The predicted molar refractivity (Wildman–Crippen MR) is 131 cm³/mol. The highest BCUT2D eigenvalue weighted by Crippen LogP contribution is 2.27. The average molecular weight is 457 g/mol. The fourth-order valence-electron chi connectivity index (χ4n) is 3.43. The maximum Gasteiger partial charge on any atom is 0.413 e. The van der Waals surface area contributed by atoms with Crippen molar-refractivity contribution < 1.29 is 19.1 Å². The maximum atomic E-state index is 13.0. The zero-order valence-corrected chi connectivity index (χ0v) is 19.1. The Morgan fingerprint density at radius 3 is 2.21 bits per heavy atom. The van der Waals surface area contributed by atoms with Gasteiger partial charge in [0.2, 0.25) is 0 Å². The number of rotatable bonds is 6. The van der Waals surface area contributed by atoms with Crippen LogP contribution in [0, 0.1) is 0 Å². The highest BCUT2D eigenvalue weighted by Gasteiger charge is 2.18. The van der Waals surface area contributed by atoms with Crippen LogP contribution in [0.2, 0.25) is 0 Å². The van der Waals surface area contributed by atoms with Crippen LogP contribution in [0.15, 0.2) is 84.9 Å². The number of carbonyl (C=O) groups excluding carboxylic acids is 2. The van der Waals surface area contributed by atoms with Crippen molar-refractivity contribution in [2.24, 2.45) is 0 Å². The topological polar surface area (TPSA) is 85.7 Å². The van der Waals surface area contributed by atoms with E-state index in [2.05, 4.69) is 10.4 Å². The smallest absolute Gasteiger partial charge is 0.413 e. The van der Waals surface area contributed by atoms with Crippen molar-refractivity contribution in [2.75, 3.05) is 31.5 Å². The minimum Gasteiger partial charge on any atom is -0.497 e. The number of ether oxygens (including phenoxy) is 2. The van der Waals surface area contributed by atoms with Gasteiger partial charge in [-0.05, 0) is 66.7 Å². The molecule has 2 amide bonds. The van der Waals surface area contributed by atoms with Crippen LogP contribution in [0.4, 0.5) is 16.2 Å². The average Bonchev–Trinajstić information content (AvgIpc) is 3.34. The quantitative estimate of drug-likeness (QED) is 0.441. The Bertz CT molecular complexity index is 1280. The van der Waals surface area contributed by atoms with Gasteiger partial charge in [0, 0.05) is 24.0 Å². The molecule has 172 valence electrons. The van der Waals surface area contributed by atoms with E-state index in [1.165, 1.54) is 12.0 Å². The Morgan fingerprint density at radius 1 is 0.912 bits per heavy atom. The second kappa shape index (κ2) is 9.91. The third kappa shape index (κ3) is 4.75. The molecule has 1 aromatic heterocycles. The zero-order valence-electron chi connectivity index (χ0n) is 19.1. The fraction of sp³-hybridized carbons (Fsp3) is 0.115. The van der Waals surface area contributed by atoms with Gasteiger partial charge < -0.3 is 14.8 Å². The fourth-order valence-corrected chi connectivity index (χ4v) is 3.43. The summed E-state index contributed by atoms with van der Waals surface area (Å²) in [5.41, 5.74) is 3.99. The Hall–Kier alpha value is -4.59. The molecule has 8 heteroatoms. The SMILES string of the molecule is COC(=O)N(C)c1ccc(NC(=O)c2cc(-c3ccc(OC)cc3)n(-c3ccccc3)n2)cc1. The Kier molecular flexibility index (Phi) is 6.59. The molecule has 0 aliphatic heterocycles. The minimum atomic E-state index is -0.478. The van der Waals surface area contributed by atoms with E-state index in [0.29, 0.717) is 11.4 Å². The van der Waals surface area contributed by atoms with E-state index in [1.807, 2.05) is 54.6 Å². The van der Waals surface area contributed by atoms with E-state index >= 15 is 0 Å². The number of carbonyl (C=O) groups is 2.